The van der Waals surface area contributed by atoms with E-state index in [-0.39, 0.29) is 0 Å². The minimum atomic E-state index is 0.398. The first kappa shape index (κ1) is 10.9. The molecule has 1 N–H and O–H groups in total. The number of hydrogen-bond donors (Lipinski definition) is 1. The Morgan fingerprint density at radius 2 is 2.35 bits per heavy atom. The van der Waals surface area contributed by atoms with Gasteiger partial charge in [0.2, 0.25) is 0 Å². The van der Waals surface area contributed by atoms with Gasteiger partial charge in [0.15, 0.2) is 0 Å². The molecule has 92 valence electrons. The fourth-order valence-corrected chi connectivity index (χ4v) is 2.89. The summed E-state index contributed by atoms with van der Waals surface area (Å²) in [6.45, 7) is 3.23. The maximum atomic E-state index is 5.44. The standard InChI is InChI=1S/C14H20N2O/c1-17-12-7-9-16(10-12)13-6-2-4-11-5-3-8-15-14(11)13/h2,4,6,12,15H,3,5,7-10H2,1H3. The molecular weight excluding hydrogens is 212 g/mol. The minimum absolute atomic E-state index is 0.398. The summed E-state index contributed by atoms with van der Waals surface area (Å²) < 4.78 is 5.44. The van der Waals surface area contributed by atoms with E-state index in [1.165, 1.54) is 29.8 Å². The van der Waals surface area contributed by atoms with Crippen LogP contribution in [0.15, 0.2) is 18.2 Å². The lowest BCUT2D eigenvalue weighted by Crippen LogP contribution is -2.24. The zero-order valence-corrected chi connectivity index (χ0v) is 10.4. The van der Waals surface area contributed by atoms with Crippen molar-refractivity contribution in [2.24, 2.45) is 0 Å². The molecule has 0 radical (unpaired) electrons. The average molecular weight is 232 g/mol. The molecule has 0 amide bonds. The van der Waals surface area contributed by atoms with Gasteiger partial charge in [-0.1, -0.05) is 12.1 Å². The summed E-state index contributed by atoms with van der Waals surface area (Å²) in [5.74, 6) is 0. The fourth-order valence-electron chi connectivity index (χ4n) is 2.89. The van der Waals surface area contributed by atoms with Gasteiger partial charge in [-0.05, 0) is 30.9 Å². The third-order valence-electron chi connectivity index (χ3n) is 3.87. The van der Waals surface area contributed by atoms with E-state index in [1.54, 1.807) is 0 Å². The van der Waals surface area contributed by atoms with Gasteiger partial charge >= 0.3 is 0 Å². The monoisotopic (exact) mass is 232 g/mol. The molecule has 2 heterocycles. The molecule has 1 fully saturated rings. The molecule has 0 spiro atoms. The largest absolute Gasteiger partial charge is 0.383 e. The lowest BCUT2D eigenvalue weighted by atomic mass is 10.0. The van der Waals surface area contributed by atoms with Crippen LogP contribution in [0.4, 0.5) is 11.4 Å². The number of para-hydroxylation sites is 1. The molecule has 1 unspecified atom stereocenters. The lowest BCUT2D eigenvalue weighted by Gasteiger charge is -2.27. The second-order valence-corrected chi connectivity index (χ2v) is 4.93. The molecule has 0 aromatic heterocycles. The van der Waals surface area contributed by atoms with E-state index >= 15 is 0 Å². The first-order valence-corrected chi connectivity index (χ1v) is 6.52. The van der Waals surface area contributed by atoms with Crippen molar-refractivity contribution >= 4 is 11.4 Å². The second kappa shape index (κ2) is 4.57. The first-order valence-electron chi connectivity index (χ1n) is 6.52. The second-order valence-electron chi connectivity index (χ2n) is 4.93. The van der Waals surface area contributed by atoms with Gasteiger partial charge in [0.25, 0.3) is 0 Å². The number of nitrogens with zero attached hydrogens (tertiary/aromatic N) is 1. The van der Waals surface area contributed by atoms with E-state index in [0.717, 1.165) is 26.1 Å². The number of rotatable bonds is 2. The van der Waals surface area contributed by atoms with Crippen LogP contribution in [-0.2, 0) is 11.2 Å². The summed E-state index contributed by atoms with van der Waals surface area (Å²) in [4.78, 5) is 2.45. The molecule has 3 nitrogen and oxygen atoms in total. The highest BCUT2D eigenvalue weighted by Crippen LogP contribution is 2.34. The summed E-state index contributed by atoms with van der Waals surface area (Å²) >= 11 is 0. The van der Waals surface area contributed by atoms with Crippen LogP contribution in [0.5, 0.6) is 0 Å². The van der Waals surface area contributed by atoms with Crippen LogP contribution < -0.4 is 10.2 Å². The molecule has 17 heavy (non-hydrogen) atoms. The molecule has 1 saturated heterocycles. The van der Waals surface area contributed by atoms with Crippen molar-refractivity contribution in [3.8, 4) is 0 Å². The van der Waals surface area contributed by atoms with Gasteiger partial charge in [-0.15, -0.1) is 0 Å². The average Bonchev–Trinajstić information content (AvgIpc) is 2.87. The number of fused-ring (bicyclic) bond motifs is 1. The number of anilines is 2. The van der Waals surface area contributed by atoms with Gasteiger partial charge in [-0.3, -0.25) is 0 Å². The summed E-state index contributed by atoms with van der Waals surface area (Å²) in [6.07, 6.45) is 3.99. The highest BCUT2D eigenvalue weighted by Gasteiger charge is 2.25. The van der Waals surface area contributed by atoms with E-state index in [1.807, 2.05) is 7.11 Å². The van der Waals surface area contributed by atoms with Crippen molar-refractivity contribution in [1.29, 1.82) is 0 Å². The van der Waals surface area contributed by atoms with Gasteiger partial charge in [0.1, 0.15) is 0 Å². The normalized spacial score (nSPS) is 23.4. The Kier molecular flexibility index (Phi) is 2.93. The number of methoxy groups -OCH3 is 1. The topological polar surface area (TPSA) is 24.5 Å². The van der Waals surface area contributed by atoms with Gasteiger partial charge in [-0.25, -0.2) is 0 Å². The predicted molar refractivity (Wildman–Crippen MR) is 70.9 cm³/mol. The van der Waals surface area contributed by atoms with Crippen molar-refractivity contribution in [1.82, 2.24) is 0 Å². The highest BCUT2D eigenvalue weighted by molar-refractivity contribution is 5.74. The molecule has 0 bridgehead atoms. The van der Waals surface area contributed by atoms with Crippen LogP contribution in [0, 0.1) is 0 Å². The molecule has 2 aliphatic heterocycles. The molecule has 3 rings (SSSR count). The first-order chi connectivity index (χ1) is 8.38. The number of ether oxygens (including phenoxy) is 1. The quantitative estimate of drug-likeness (QED) is 0.846. The van der Waals surface area contributed by atoms with E-state index in [0.29, 0.717) is 6.10 Å². The summed E-state index contributed by atoms with van der Waals surface area (Å²) in [5, 5.41) is 3.56. The zero-order chi connectivity index (χ0) is 11.7. The van der Waals surface area contributed by atoms with E-state index < -0.39 is 0 Å². The van der Waals surface area contributed by atoms with Crippen LogP contribution in [-0.4, -0.2) is 32.8 Å². The number of hydrogen-bond acceptors (Lipinski definition) is 3. The van der Waals surface area contributed by atoms with Crippen molar-refractivity contribution in [2.45, 2.75) is 25.4 Å². The zero-order valence-electron chi connectivity index (χ0n) is 10.4. The molecule has 1 aromatic carbocycles. The van der Waals surface area contributed by atoms with Crippen molar-refractivity contribution < 1.29 is 4.74 Å². The van der Waals surface area contributed by atoms with Crippen LogP contribution >= 0.6 is 0 Å². The van der Waals surface area contributed by atoms with E-state index in [4.69, 9.17) is 4.74 Å². The van der Waals surface area contributed by atoms with Gasteiger partial charge in [0, 0.05) is 26.7 Å². The Morgan fingerprint density at radius 3 is 3.18 bits per heavy atom. The van der Waals surface area contributed by atoms with Crippen LogP contribution in [0.3, 0.4) is 0 Å². The Hall–Kier alpha value is -1.22. The van der Waals surface area contributed by atoms with Crippen molar-refractivity contribution in [2.75, 3.05) is 37.0 Å². The van der Waals surface area contributed by atoms with Gasteiger partial charge < -0.3 is 15.0 Å². The third-order valence-corrected chi connectivity index (χ3v) is 3.87. The molecule has 0 saturated carbocycles. The summed E-state index contributed by atoms with van der Waals surface area (Å²) in [7, 11) is 1.81. The maximum absolute atomic E-state index is 5.44. The van der Waals surface area contributed by atoms with Crippen LogP contribution in [0.1, 0.15) is 18.4 Å². The van der Waals surface area contributed by atoms with Crippen molar-refractivity contribution in [3.05, 3.63) is 23.8 Å². The molecule has 1 atom stereocenters. The molecule has 1 aromatic rings. The number of aryl methyl sites for hydroxylation is 1. The fraction of sp³-hybridized carbons (Fsp3) is 0.571. The number of benzene rings is 1. The molecular formula is C14H20N2O. The Bertz CT molecular complexity index is 405. The number of nitrogens with one attached hydrogen (secondary N) is 1. The highest BCUT2D eigenvalue weighted by atomic mass is 16.5. The minimum Gasteiger partial charge on any atom is -0.383 e. The third kappa shape index (κ3) is 2.00. The summed E-state index contributed by atoms with van der Waals surface area (Å²) in [5.41, 5.74) is 4.19. The maximum Gasteiger partial charge on any atom is 0.0762 e. The Balaban J connectivity index is 1.88. The van der Waals surface area contributed by atoms with Crippen molar-refractivity contribution in [3.63, 3.8) is 0 Å². The van der Waals surface area contributed by atoms with E-state index in [9.17, 15) is 0 Å². The molecule has 0 aliphatic carbocycles. The van der Waals surface area contributed by atoms with Gasteiger partial charge in [0.05, 0.1) is 17.5 Å². The van der Waals surface area contributed by atoms with Crippen LogP contribution in [0.25, 0.3) is 0 Å². The smallest absolute Gasteiger partial charge is 0.0762 e. The predicted octanol–water partition coefficient (Wildman–Crippen LogP) is 2.27. The van der Waals surface area contributed by atoms with E-state index in [2.05, 4.69) is 28.4 Å². The van der Waals surface area contributed by atoms with Crippen LogP contribution in [0.2, 0.25) is 0 Å². The SMILES string of the molecule is COC1CCN(c2cccc3c2NCCC3)C1. The van der Waals surface area contributed by atoms with Gasteiger partial charge in [-0.2, -0.15) is 0 Å². The molecule has 3 heteroatoms. The Morgan fingerprint density at radius 1 is 1.41 bits per heavy atom. The molecule has 2 aliphatic rings. The summed E-state index contributed by atoms with van der Waals surface area (Å²) in [6, 6.07) is 6.66. The Labute approximate surface area is 103 Å². The lowest BCUT2D eigenvalue weighted by molar-refractivity contribution is 0.121.